The molecule has 0 radical (unpaired) electrons. The Morgan fingerprint density at radius 2 is 1.91 bits per heavy atom. The van der Waals surface area contributed by atoms with E-state index in [1.54, 1.807) is 0 Å². The van der Waals surface area contributed by atoms with Gasteiger partial charge in [-0.3, -0.25) is 4.79 Å². The molecule has 1 heterocycles. The molecule has 1 aliphatic heterocycles. The molecule has 2 rings (SSSR count). The largest absolute Gasteiger partial charge is 0.484 e. The van der Waals surface area contributed by atoms with Crippen LogP contribution in [0.3, 0.4) is 0 Å². The number of anilines is 1. The van der Waals surface area contributed by atoms with E-state index >= 15 is 0 Å². The van der Waals surface area contributed by atoms with E-state index in [2.05, 4.69) is 10.1 Å². The van der Waals surface area contributed by atoms with E-state index in [1.807, 2.05) is 0 Å². The standard InChI is InChI=1S/C13H14F3NO4S/c14-13(15,16)8-21-11-3-1-10(2-4-11)17-12(18)9-5-6-22(19,20)7-9/h1-4,9H,5-8H2,(H,17,18). The number of halogens is 3. The lowest BCUT2D eigenvalue weighted by Gasteiger charge is -2.11. The summed E-state index contributed by atoms with van der Waals surface area (Å²) >= 11 is 0. The third-order valence-electron chi connectivity index (χ3n) is 3.13. The van der Waals surface area contributed by atoms with Crippen molar-refractivity contribution in [2.45, 2.75) is 12.6 Å². The van der Waals surface area contributed by atoms with Gasteiger partial charge in [0.25, 0.3) is 0 Å². The minimum Gasteiger partial charge on any atom is -0.484 e. The zero-order valence-corrected chi connectivity index (χ0v) is 12.2. The molecule has 0 aliphatic carbocycles. The molecule has 22 heavy (non-hydrogen) atoms. The molecule has 0 aromatic heterocycles. The Kier molecular flexibility index (Phi) is 4.64. The van der Waals surface area contributed by atoms with Crippen LogP contribution in [-0.2, 0) is 14.6 Å². The number of hydrogen-bond acceptors (Lipinski definition) is 4. The molecule has 9 heteroatoms. The second kappa shape index (κ2) is 6.15. The average Bonchev–Trinajstić information content (AvgIpc) is 2.77. The number of alkyl halides is 3. The van der Waals surface area contributed by atoms with E-state index in [-0.39, 0.29) is 23.7 Å². The van der Waals surface area contributed by atoms with E-state index < -0.39 is 34.4 Å². The second-order valence-electron chi connectivity index (χ2n) is 5.02. The number of rotatable bonds is 4. The molecule has 1 aromatic rings. The molecule has 1 amide bonds. The topological polar surface area (TPSA) is 72.5 Å². The molecule has 0 saturated carbocycles. The second-order valence-corrected chi connectivity index (χ2v) is 7.25. The van der Waals surface area contributed by atoms with Crippen LogP contribution in [0.5, 0.6) is 5.75 Å². The Morgan fingerprint density at radius 3 is 2.41 bits per heavy atom. The van der Waals surface area contributed by atoms with Crippen molar-refractivity contribution in [3.05, 3.63) is 24.3 Å². The molecular weight excluding hydrogens is 323 g/mol. The van der Waals surface area contributed by atoms with Gasteiger partial charge < -0.3 is 10.1 Å². The molecule has 1 aromatic carbocycles. The highest BCUT2D eigenvalue weighted by Crippen LogP contribution is 2.23. The summed E-state index contributed by atoms with van der Waals surface area (Å²) in [7, 11) is -3.15. The highest BCUT2D eigenvalue weighted by atomic mass is 32.2. The van der Waals surface area contributed by atoms with Crippen LogP contribution in [0.1, 0.15) is 6.42 Å². The van der Waals surface area contributed by atoms with E-state index in [4.69, 9.17) is 0 Å². The van der Waals surface area contributed by atoms with E-state index in [1.165, 1.54) is 24.3 Å². The number of nitrogens with one attached hydrogen (secondary N) is 1. The summed E-state index contributed by atoms with van der Waals surface area (Å²) in [6.45, 7) is -1.39. The fourth-order valence-corrected chi connectivity index (χ4v) is 3.79. The number of ether oxygens (including phenoxy) is 1. The van der Waals surface area contributed by atoms with Gasteiger partial charge in [-0.25, -0.2) is 8.42 Å². The fraction of sp³-hybridized carbons (Fsp3) is 0.462. The van der Waals surface area contributed by atoms with Crippen molar-refractivity contribution in [3.8, 4) is 5.75 Å². The SMILES string of the molecule is O=C(Nc1ccc(OCC(F)(F)F)cc1)C1CCS(=O)(=O)C1. The van der Waals surface area contributed by atoms with Crippen LogP contribution in [0.4, 0.5) is 18.9 Å². The van der Waals surface area contributed by atoms with Crippen LogP contribution in [0.2, 0.25) is 0 Å². The van der Waals surface area contributed by atoms with Crippen molar-refractivity contribution >= 4 is 21.4 Å². The fourth-order valence-electron chi connectivity index (χ4n) is 2.05. The first-order valence-corrected chi connectivity index (χ1v) is 8.28. The predicted molar refractivity (Wildman–Crippen MR) is 73.4 cm³/mol. The van der Waals surface area contributed by atoms with Crippen LogP contribution in [0.25, 0.3) is 0 Å². The molecule has 0 spiro atoms. The summed E-state index contributed by atoms with van der Waals surface area (Å²) in [6.07, 6.45) is -4.14. The number of benzene rings is 1. The van der Waals surface area contributed by atoms with Gasteiger partial charge in [-0.2, -0.15) is 13.2 Å². The third kappa shape index (κ3) is 4.90. The summed E-state index contributed by atoms with van der Waals surface area (Å²) in [6, 6.07) is 5.39. The first-order valence-electron chi connectivity index (χ1n) is 6.45. The molecule has 5 nitrogen and oxygen atoms in total. The molecule has 1 fully saturated rings. The zero-order valence-electron chi connectivity index (χ0n) is 11.4. The van der Waals surface area contributed by atoms with Crippen molar-refractivity contribution in [2.75, 3.05) is 23.4 Å². The monoisotopic (exact) mass is 337 g/mol. The Bertz CT molecular complexity index is 640. The van der Waals surface area contributed by atoms with Crippen molar-refractivity contribution < 1.29 is 31.1 Å². The quantitative estimate of drug-likeness (QED) is 0.912. The maximum absolute atomic E-state index is 12.0. The molecular formula is C13H14F3NO4S. The molecule has 1 saturated heterocycles. The zero-order chi connectivity index (χ0) is 16.4. The normalized spacial score (nSPS) is 20.6. The van der Waals surface area contributed by atoms with Crippen LogP contribution in [0.15, 0.2) is 24.3 Å². The van der Waals surface area contributed by atoms with E-state index in [0.29, 0.717) is 5.69 Å². The van der Waals surface area contributed by atoms with Gasteiger partial charge in [0.05, 0.1) is 17.4 Å². The third-order valence-corrected chi connectivity index (χ3v) is 4.90. The molecule has 0 bridgehead atoms. The lowest BCUT2D eigenvalue weighted by atomic mass is 10.1. The number of hydrogen-bond donors (Lipinski definition) is 1. The van der Waals surface area contributed by atoms with Crippen LogP contribution >= 0.6 is 0 Å². The molecule has 1 unspecified atom stereocenters. The van der Waals surface area contributed by atoms with Crippen molar-refractivity contribution in [2.24, 2.45) is 5.92 Å². The lowest BCUT2D eigenvalue weighted by Crippen LogP contribution is -2.23. The van der Waals surface area contributed by atoms with Crippen molar-refractivity contribution in [1.82, 2.24) is 0 Å². The summed E-state index contributed by atoms with van der Waals surface area (Å²) in [5.41, 5.74) is 0.369. The Labute approximate surface area is 125 Å². The van der Waals surface area contributed by atoms with Crippen LogP contribution < -0.4 is 10.1 Å². The number of carbonyl (C=O) groups is 1. The Hall–Kier alpha value is -1.77. The number of sulfone groups is 1. The molecule has 122 valence electrons. The summed E-state index contributed by atoms with van der Waals surface area (Å²) in [5.74, 6) is -1.16. The van der Waals surface area contributed by atoms with Gasteiger partial charge in [-0.05, 0) is 30.7 Å². The minimum absolute atomic E-state index is 0.00466. The van der Waals surface area contributed by atoms with Crippen LogP contribution in [0, 0.1) is 5.92 Å². The van der Waals surface area contributed by atoms with E-state index in [9.17, 15) is 26.4 Å². The van der Waals surface area contributed by atoms with Gasteiger partial charge in [-0.15, -0.1) is 0 Å². The van der Waals surface area contributed by atoms with Gasteiger partial charge in [0.1, 0.15) is 5.75 Å². The first kappa shape index (κ1) is 16.6. The highest BCUT2D eigenvalue weighted by molar-refractivity contribution is 7.91. The van der Waals surface area contributed by atoms with Crippen LogP contribution in [-0.4, -0.2) is 38.6 Å². The van der Waals surface area contributed by atoms with E-state index in [0.717, 1.165) is 0 Å². The van der Waals surface area contributed by atoms with Crippen molar-refractivity contribution in [3.63, 3.8) is 0 Å². The minimum atomic E-state index is -4.42. The highest BCUT2D eigenvalue weighted by Gasteiger charge is 2.33. The van der Waals surface area contributed by atoms with Gasteiger partial charge in [0.2, 0.25) is 5.91 Å². The smallest absolute Gasteiger partial charge is 0.422 e. The summed E-state index contributed by atoms with van der Waals surface area (Å²) in [5, 5.41) is 2.54. The summed E-state index contributed by atoms with van der Waals surface area (Å²) in [4.78, 5) is 11.9. The summed E-state index contributed by atoms with van der Waals surface area (Å²) < 4.78 is 63.1. The Balaban J connectivity index is 1.90. The average molecular weight is 337 g/mol. The molecule has 1 atom stereocenters. The maximum Gasteiger partial charge on any atom is 0.422 e. The maximum atomic E-state index is 12.0. The van der Waals surface area contributed by atoms with Crippen molar-refractivity contribution in [1.29, 1.82) is 0 Å². The Morgan fingerprint density at radius 1 is 1.27 bits per heavy atom. The van der Waals surface area contributed by atoms with Gasteiger partial charge in [0, 0.05) is 5.69 Å². The van der Waals surface area contributed by atoms with Gasteiger partial charge in [-0.1, -0.05) is 0 Å². The first-order chi connectivity index (χ1) is 10.1. The van der Waals surface area contributed by atoms with Gasteiger partial charge in [0.15, 0.2) is 16.4 Å². The predicted octanol–water partition coefficient (Wildman–Crippen LogP) is 2.00. The molecule has 1 N–H and O–H groups in total. The van der Waals surface area contributed by atoms with Gasteiger partial charge >= 0.3 is 6.18 Å². The number of amides is 1. The molecule has 1 aliphatic rings. The number of carbonyl (C=O) groups excluding carboxylic acids is 1. The lowest BCUT2D eigenvalue weighted by molar-refractivity contribution is -0.153.